The van der Waals surface area contributed by atoms with Crippen molar-refractivity contribution in [3.8, 4) is 0 Å². The van der Waals surface area contributed by atoms with Gasteiger partial charge in [0.15, 0.2) is 0 Å². The van der Waals surface area contributed by atoms with Crippen molar-refractivity contribution in [3.05, 3.63) is 20.2 Å². The summed E-state index contributed by atoms with van der Waals surface area (Å²) in [6, 6.07) is 0. The first-order chi connectivity index (χ1) is 5.77. The van der Waals surface area contributed by atoms with Gasteiger partial charge in [-0.25, -0.2) is 0 Å². The van der Waals surface area contributed by atoms with Crippen molar-refractivity contribution in [1.29, 1.82) is 0 Å². The summed E-state index contributed by atoms with van der Waals surface area (Å²) in [5, 5.41) is 2.24. The van der Waals surface area contributed by atoms with E-state index in [-0.39, 0.29) is 0 Å². The third-order valence-corrected chi connectivity index (χ3v) is 10.9. The van der Waals surface area contributed by atoms with Crippen LogP contribution in [0.5, 0.6) is 0 Å². The minimum absolute atomic E-state index is 0.493. The van der Waals surface area contributed by atoms with Crippen molar-refractivity contribution in [3.63, 3.8) is 0 Å². The predicted octanol–water partition coefficient (Wildman–Crippen LogP) is 3.42. The molecule has 0 heterocycles. The second kappa shape index (κ2) is 3.69. The molecule has 0 aromatic carbocycles. The van der Waals surface area contributed by atoms with Gasteiger partial charge in [-0.05, 0) is 0 Å². The Morgan fingerprint density at radius 3 is 2.15 bits per heavy atom. The van der Waals surface area contributed by atoms with Crippen LogP contribution < -0.4 is 0 Å². The van der Waals surface area contributed by atoms with E-state index in [0.717, 1.165) is 0 Å². The Labute approximate surface area is 101 Å². The Morgan fingerprint density at radius 2 is 1.85 bits per heavy atom. The summed E-state index contributed by atoms with van der Waals surface area (Å²) < 4.78 is 1.74. The summed E-state index contributed by atoms with van der Waals surface area (Å²) in [5.74, 6) is 0. The molecule has 0 bridgehead atoms. The molecule has 0 unspecified atom stereocenters. The molecule has 0 amide bonds. The molecule has 0 aliphatic heterocycles. The van der Waals surface area contributed by atoms with E-state index >= 15 is 0 Å². The van der Waals surface area contributed by atoms with Gasteiger partial charge in [0, 0.05) is 0 Å². The van der Waals surface area contributed by atoms with E-state index in [1.165, 1.54) is 34.4 Å². The van der Waals surface area contributed by atoms with Gasteiger partial charge in [-0.2, -0.15) is 0 Å². The third-order valence-electron chi connectivity index (χ3n) is 3.72. The van der Waals surface area contributed by atoms with Crippen molar-refractivity contribution < 1.29 is 0 Å². The van der Waals surface area contributed by atoms with Crippen molar-refractivity contribution in [2.24, 2.45) is 0 Å². The van der Waals surface area contributed by atoms with Crippen molar-refractivity contribution in [2.75, 3.05) is 0 Å². The Hall–Kier alpha value is 0.697. The molecule has 0 saturated carbocycles. The molecule has 0 spiro atoms. The average Bonchev–Trinajstić information content (AvgIpc) is 2.32. The topological polar surface area (TPSA) is 0 Å². The van der Waals surface area contributed by atoms with Crippen LogP contribution in [0.4, 0.5) is 0 Å². The number of hydrogen-bond donors (Lipinski definition) is 0. The average molecular weight is 202 g/mol. The van der Waals surface area contributed by atoms with E-state index in [9.17, 15) is 0 Å². The zero-order valence-electron chi connectivity index (χ0n) is 9.86. The van der Waals surface area contributed by atoms with Crippen molar-refractivity contribution in [1.82, 2.24) is 0 Å². The van der Waals surface area contributed by atoms with Gasteiger partial charge in [0.1, 0.15) is 0 Å². The molecular formula is C11H19NaSi. The Bertz CT molecular complexity index is 266. The quantitative estimate of drug-likeness (QED) is 0.572. The van der Waals surface area contributed by atoms with E-state index in [1.807, 2.05) is 0 Å². The fourth-order valence-electron chi connectivity index (χ4n) is 1.75. The molecule has 1 rings (SSSR count). The normalized spacial score (nSPS) is 18.7. The molecule has 0 aromatic heterocycles. The zero-order chi connectivity index (χ0) is 10.3. The fourth-order valence-corrected chi connectivity index (χ4v) is 6.54. The van der Waals surface area contributed by atoms with Crippen LogP contribution in [0.15, 0.2) is 20.2 Å². The Balaban J connectivity index is 3.07. The first-order valence-electron chi connectivity index (χ1n) is 5.13. The molecule has 0 N–H and O–H groups in total. The van der Waals surface area contributed by atoms with Gasteiger partial charge in [0.05, 0.1) is 0 Å². The zero-order valence-corrected chi connectivity index (χ0v) is 12.9. The van der Waals surface area contributed by atoms with Crippen LogP contribution in [0.2, 0.25) is 18.1 Å². The molecule has 0 atom stereocenters. The van der Waals surface area contributed by atoms with Crippen LogP contribution in [0.3, 0.4) is 0 Å². The summed E-state index contributed by atoms with van der Waals surface area (Å²) in [5.41, 5.74) is 0. The molecule has 1 aliphatic carbocycles. The first-order valence-corrected chi connectivity index (χ1v) is 9.13. The second-order valence-electron chi connectivity index (χ2n) is 5.68. The van der Waals surface area contributed by atoms with Gasteiger partial charge >= 0.3 is 101 Å². The summed E-state index contributed by atoms with van der Waals surface area (Å²) >= 11 is 1.25. The minimum atomic E-state index is -1.21. The molecular weight excluding hydrogens is 183 g/mol. The van der Waals surface area contributed by atoms with Crippen LogP contribution in [0.1, 0.15) is 27.2 Å². The molecule has 2 heteroatoms. The molecule has 13 heavy (non-hydrogen) atoms. The molecule has 0 radical (unpaired) electrons. The summed E-state index contributed by atoms with van der Waals surface area (Å²) in [4.78, 5) is 0. The molecule has 0 fully saturated rings. The SMILES string of the molecule is CC(C)(C)[Si](C)(C)C1=[C]([Na])CC=C1. The van der Waals surface area contributed by atoms with Crippen LogP contribution in [-0.4, -0.2) is 36.0 Å². The maximum atomic E-state index is 2.51. The summed E-state index contributed by atoms with van der Waals surface area (Å²) in [6.07, 6.45) is 5.99. The first kappa shape index (κ1) is 11.8. The van der Waals surface area contributed by atoms with Gasteiger partial charge in [0.25, 0.3) is 0 Å². The van der Waals surface area contributed by atoms with Gasteiger partial charge in [-0.3, -0.25) is 0 Å². The number of allylic oxidation sites excluding steroid dienone is 4. The molecule has 0 aromatic rings. The van der Waals surface area contributed by atoms with Crippen LogP contribution in [-0.2, 0) is 0 Å². The van der Waals surface area contributed by atoms with Gasteiger partial charge in [-0.15, -0.1) is 0 Å². The van der Waals surface area contributed by atoms with Crippen LogP contribution in [0.25, 0.3) is 0 Å². The Kier molecular flexibility index (Phi) is 3.34. The van der Waals surface area contributed by atoms with E-state index in [0.29, 0.717) is 5.04 Å². The Morgan fingerprint density at radius 1 is 1.31 bits per heavy atom. The number of hydrogen-bond acceptors (Lipinski definition) is 0. The molecule has 1 aliphatic rings. The monoisotopic (exact) mass is 202 g/mol. The summed E-state index contributed by atoms with van der Waals surface area (Å²) in [7, 11) is -1.21. The van der Waals surface area contributed by atoms with Crippen molar-refractivity contribution >= 4 is 36.0 Å². The third kappa shape index (κ3) is 2.20. The van der Waals surface area contributed by atoms with E-state index < -0.39 is 8.07 Å². The van der Waals surface area contributed by atoms with Gasteiger partial charge < -0.3 is 0 Å². The van der Waals surface area contributed by atoms with Crippen LogP contribution in [0, 0.1) is 0 Å². The maximum absolute atomic E-state index is 2.51. The van der Waals surface area contributed by atoms with E-state index in [2.05, 4.69) is 46.0 Å². The van der Waals surface area contributed by atoms with Gasteiger partial charge in [0.2, 0.25) is 0 Å². The fraction of sp³-hybridized carbons (Fsp3) is 0.636. The van der Waals surface area contributed by atoms with Crippen molar-refractivity contribution in [2.45, 2.75) is 45.3 Å². The van der Waals surface area contributed by atoms with E-state index in [4.69, 9.17) is 0 Å². The molecule has 0 nitrogen and oxygen atoms in total. The van der Waals surface area contributed by atoms with Gasteiger partial charge in [-0.1, -0.05) is 0 Å². The molecule has 0 saturated heterocycles. The van der Waals surface area contributed by atoms with E-state index in [1.54, 1.807) is 8.02 Å². The second-order valence-corrected chi connectivity index (χ2v) is 12.2. The predicted molar refractivity (Wildman–Crippen MR) is 63.7 cm³/mol. The summed E-state index contributed by atoms with van der Waals surface area (Å²) in [6.45, 7) is 12.2. The number of rotatable bonds is 1. The van der Waals surface area contributed by atoms with Crippen LogP contribution >= 0.6 is 0 Å². The molecule has 68 valence electrons. The standard InChI is InChI=1S/C11H19Si.Na/c1-11(2,3)12(4,5)10-8-6-7-9-10;/h6,8H,7H2,1-5H3;.